The van der Waals surface area contributed by atoms with Gasteiger partial charge in [-0.3, -0.25) is 9.78 Å². The van der Waals surface area contributed by atoms with Crippen LogP contribution in [0.15, 0.2) is 79.1 Å². The predicted molar refractivity (Wildman–Crippen MR) is 112 cm³/mol. The van der Waals surface area contributed by atoms with Crippen LogP contribution in [0.2, 0.25) is 0 Å². The number of rotatable bonds is 3. The number of anilines is 1. The zero-order valence-corrected chi connectivity index (χ0v) is 15.6. The fourth-order valence-corrected chi connectivity index (χ4v) is 4.08. The van der Waals surface area contributed by atoms with Crippen molar-refractivity contribution >= 4 is 22.5 Å². The van der Waals surface area contributed by atoms with E-state index in [1.807, 2.05) is 59.6 Å². The summed E-state index contributed by atoms with van der Waals surface area (Å²) in [5.41, 5.74) is 5.00. The molecule has 0 fully saturated rings. The molecule has 0 saturated carbocycles. The van der Waals surface area contributed by atoms with Gasteiger partial charge in [0.05, 0.1) is 16.9 Å². The Balaban J connectivity index is 1.57. The Hall–Kier alpha value is -3.40. The van der Waals surface area contributed by atoms with Gasteiger partial charge < -0.3 is 9.47 Å². The van der Waals surface area contributed by atoms with Crippen molar-refractivity contribution in [2.75, 3.05) is 11.4 Å². The number of hydrogen-bond acceptors (Lipinski definition) is 2. The Bertz CT molecular complexity index is 1150. The number of carbonyl (C=O) groups excluding carboxylic acids is 1. The van der Waals surface area contributed by atoms with E-state index in [-0.39, 0.29) is 5.91 Å². The van der Waals surface area contributed by atoms with Crippen molar-refractivity contribution in [3.63, 3.8) is 0 Å². The quantitative estimate of drug-likeness (QED) is 0.527. The molecule has 0 saturated heterocycles. The van der Waals surface area contributed by atoms with Gasteiger partial charge in [0.25, 0.3) is 5.91 Å². The number of benzene rings is 2. The number of nitrogens with zero attached hydrogens (tertiary/aromatic N) is 3. The molecule has 0 N–H and O–H groups in total. The highest BCUT2D eigenvalue weighted by atomic mass is 16.2. The summed E-state index contributed by atoms with van der Waals surface area (Å²) >= 11 is 0. The fourth-order valence-electron chi connectivity index (χ4n) is 4.08. The molecular weight excluding hydrogens is 346 g/mol. The number of aryl methyl sites for hydroxylation is 1. The number of pyridine rings is 1. The number of aromatic nitrogens is 2. The lowest BCUT2D eigenvalue weighted by Crippen LogP contribution is -2.35. The maximum Gasteiger partial charge on any atom is 0.260 e. The first kappa shape index (κ1) is 16.8. The van der Waals surface area contributed by atoms with Gasteiger partial charge in [0.15, 0.2) is 0 Å². The minimum absolute atomic E-state index is 0.0527. The van der Waals surface area contributed by atoms with Crippen LogP contribution < -0.4 is 4.90 Å². The molecule has 1 amide bonds. The van der Waals surface area contributed by atoms with Crippen LogP contribution >= 0.6 is 0 Å². The van der Waals surface area contributed by atoms with Crippen LogP contribution in [0.25, 0.3) is 10.9 Å². The number of amides is 1. The number of carbonyl (C=O) groups is 1. The highest BCUT2D eigenvalue weighted by molar-refractivity contribution is 6.14. The first-order valence-corrected chi connectivity index (χ1v) is 9.69. The number of hydrogen-bond donors (Lipinski definition) is 0. The van der Waals surface area contributed by atoms with Gasteiger partial charge in [-0.2, -0.15) is 0 Å². The second-order valence-corrected chi connectivity index (χ2v) is 7.20. The summed E-state index contributed by atoms with van der Waals surface area (Å²) in [4.78, 5) is 19.9. The topological polar surface area (TPSA) is 38.1 Å². The van der Waals surface area contributed by atoms with E-state index in [1.165, 1.54) is 5.56 Å². The average molecular weight is 367 g/mol. The van der Waals surface area contributed by atoms with Crippen LogP contribution in [0.5, 0.6) is 0 Å². The third kappa shape index (κ3) is 2.87. The van der Waals surface area contributed by atoms with E-state index in [9.17, 15) is 4.79 Å². The summed E-state index contributed by atoms with van der Waals surface area (Å²) < 4.78 is 2.17. The fraction of sp³-hybridized carbons (Fsp3) is 0.167. The molecule has 3 heterocycles. The van der Waals surface area contributed by atoms with E-state index in [1.54, 1.807) is 6.20 Å². The van der Waals surface area contributed by atoms with Crippen LogP contribution in [0.1, 0.15) is 28.0 Å². The van der Waals surface area contributed by atoms with Crippen LogP contribution in [-0.2, 0) is 13.0 Å². The zero-order valence-electron chi connectivity index (χ0n) is 15.6. The first-order chi connectivity index (χ1) is 13.8. The van der Waals surface area contributed by atoms with Crippen LogP contribution in [-0.4, -0.2) is 22.0 Å². The molecule has 138 valence electrons. The van der Waals surface area contributed by atoms with E-state index in [4.69, 9.17) is 0 Å². The largest absolute Gasteiger partial charge is 0.342 e. The predicted octanol–water partition coefficient (Wildman–Crippen LogP) is 4.68. The molecule has 0 atom stereocenters. The van der Waals surface area contributed by atoms with Crippen molar-refractivity contribution in [1.82, 2.24) is 9.55 Å². The normalized spacial score (nSPS) is 13.5. The Labute approximate surface area is 164 Å². The van der Waals surface area contributed by atoms with Crippen LogP contribution in [0.4, 0.5) is 5.69 Å². The number of para-hydroxylation sites is 1. The van der Waals surface area contributed by atoms with E-state index in [0.717, 1.165) is 53.8 Å². The molecule has 0 aliphatic carbocycles. The minimum Gasteiger partial charge on any atom is -0.342 e. The Morgan fingerprint density at radius 2 is 1.79 bits per heavy atom. The Morgan fingerprint density at radius 3 is 2.68 bits per heavy atom. The van der Waals surface area contributed by atoms with E-state index >= 15 is 0 Å². The first-order valence-electron chi connectivity index (χ1n) is 9.69. The second-order valence-electron chi connectivity index (χ2n) is 7.20. The molecule has 2 aromatic heterocycles. The van der Waals surface area contributed by atoms with Gasteiger partial charge in [-0.1, -0.05) is 48.5 Å². The molecule has 0 bridgehead atoms. The second kappa shape index (κ2) is 6.97. The van der Waals surface area contributed by atoms with Crippen molar-refractivity contribution in [1.29, 1.82) is 0 Å². The zero-order chi connectivity index (χ0) is 18.9. The molecule has 5 rings (SSSR count). The highest BCUT2D eigenvalue weighted by Crippen LogP contribution is 2.29. The summed E-state index contributed by atoms with van der Waals surface area (Å²) in [6, 6.07) is 22.4. The summed E-state index contributed by atoms with van der Waals surface area (Å²) in [5, 5.41) is 0.999. The van der Waals surface area contributed by atoms with E-state index in [2.05, 4.69) is 27.8 Å². The molecular formula is C24H21N3O. The lowest BCUT2D eigenvalue weighted by molar-refractivity contribution is 0.0986. The summed E-state index contributed by atoms with van der Waals surface area (Å²) in [7, 11) is 0. The standard InChI is InChI=1S/C24H21N3O/c28-24(27-15-7-11-21-23(27)13-6-14-25-21)20-17-26(16-18-8-2-1-3-9-18)22-12-5-4-10-19(20)22/h1-6,8-10,12-14,17H,7,11,15-16H2. The molecule has 0 unspecified atom stereocenters. The van der Waals surface area contributed by atoms with Gasteiger partial charge in [0.1, 0.15) is 0 Å². The molecule has 1 aliphatic heterocycles. The van der Waals surface area contributed by atoms with Crippen molar-refractivity contribution in [2.24, 2.45) is 0 Å². The SMILES string of the molecule is O=C(c1cn(Cc2ccccc2)c2ccccc12)N1CCCc2ncccc21. The van der Waals surface area contributed by atoms with Crippen LogP contribution in [0.3, 0.4) is 0 Å². The lowest BCUT2D eigenvalue weighted by Gasteiger charge is -2.28. The maximum absolute atomic E-state index is 13.5. The Kier molecular flexibility index (Phi) is 4.17. The van der Waals surface area contributed by atoms with Gasteiger partial charge in [-0.25, -0.2) is 0 Å². The van der Waals surface area contributed by atoms with Crippen molar-refractivity contribution < 1.29 is 4.79 Å². The van der Waals surface area contributed by atoms with Crippen molar-refractivity contribution in [3.05, 3.63) is 95.9 Å². The summed E-state index contributed by atoms with van der Waals surface area (Å²) in [6.45, 7) is 1.47. The third-order valence-electron chi connectivity index (χ3n) is 5.41. The van der Waals surface area contributed by atoms with Gasteiger partial charge >= 0.3 is 0 Å². The maximum atomic E-state index is 13.5. The minimum atomic E-state index is 0.0527. The van der Waals surface area contributed by atoms with Crippen LogP contribution in [0, 0.1) is 0 Å². The molecule has 4 heteroatoms. The monoisotopic (exact) mass is 367 g/mol. The van der Waals surface area contributed by atoms with E-state index in [0.29, 0.717) is 0 Å². The molecule has 4 nitrogen and oxygen atoms in total. The highest BCUT2D eigenvalue weighted by Gasteiger charge is 2.26. The van der Waals surface area contributed by atoms with E-state index < -0.39 is 0 Å². The van der Waals surface area contributed by atoms with Gasteiger partial charge in [-0.05, 0) is 36.6 Å². The van der Waals surface area contributed by atoms with Gasteiger partial charge in [-0.15, -0.1) is 0 Å². The lowest BCUT2D eigenvalue weighted by atomic mass is 10.1. The molecule has 2 aromatic carbocycles. The molecule has 4 aromatic rings. The summed E-state index contributed by atoms with van der Waals surface area (Å²) in [5.74, 6) is 0.0527. The van der Waals surface area contributed by atoms with Crippen molar-refractivity contribution in [3.8, 4) is 0 Å². The molecule has 1 aliphatic rings. The summed E-state index contributed by atoms with van der Waals surface area (Å²) in [6.07, 6.45) is 5.68. The third-order valence-corrected chi connectivity index (χ3v) is 5.41. The molecule has 28 heavy (non-hydrogen) atoms. The number of fused-ring (bicyclic) bond motifs is 2. The smallest absolute Gasteiger partial charge is 0.260 e. The van der Waals surface area contributed by atoms with Gasteiger partial charge in [0.2, 0.25) is 0 Å². The average Bonchev–Trinajstić information content (AvgIpc) is 3.12. The molecule has 0 radical (unpaired) electrons. The van der Waals surface area contributed by atoms with Gasteiger partial charge in [0, 0.05) is 36.4 Å². The van der Waals surface area contributed by atoms with Crippen molar-refractivity contribution in [2.45, 2.75) is 19.4 Å². The Morgan fingerprint density at radius 1 is 0.964 bits per heavy atom. The molecule has 0 spiro atoms.